The molecule has 1 heterocycles. The molecule has 3 N–H and O–H groups in total. The van der Waals surface area contributed by atoms with Gasteiger partial charge < -0.3 is 11.1 Å². The second kappa shape index (κ2) is 10.0. The number of halogens is 1. The fourth-order valence-electron chi connectivity index (χ4n) is 3.04. The van der Waals surface area contributed by atoms with Crippen LogP contribution in [0.4, 0.5) is 0 Å². The van der Waals surface area contributed by atoms with E-state index in [0.29, 0.717) is 24.5 Å². The molecule has 0 amide bonds. The number of nitrogens with two attached hydrogens (primary N) is 1. The van der Waals surface area contributed by atoms with Crippen LogP contribution in [-0.4, -0.2) is 36.5 Å². The van der Waals surface area contributed by atoms with Gasteiger partial charge in [0.2, 0.25) is 0 Å². The number of rotatable bonds is 6. The standard InChI is InChI=1S/C19H30N4.HI/c1-14(2)11-21-19(20)22-12-18(15(3)4)23-10-9-16-7-5-6-8-17(16)13-23;/h5-8,15,18H,1,9-13H2,2-4H3,(H3,20,21,22);1H. The number of guanidine groups is 1. The first-order chi connectivity index (χ1) is 11.0. The molecule has 0 saturated heterocycles. The minimum Gasteiger partial charge on any atom is -0.370 e. The predicted octanol–water partition coefficient (Wildman–Crippen LogP) is 3.17. The Morgan fingerprint density at radius 2 is 2.00 bits per heavy atom. The normalized spacial score (nSPS) is 16.2. The van der Waals surface area contributed by atoms with Crippen LogP contribution in [-0.2, 0) is 13.0 Å². The van der Waals surface area contributed by atoms with E-state index in [0.717, 1.165) is 31.6 Å². The van der Waals surface area contributed by atoms with Gasteiger partial charge in [-0.3, -0.25) is 9.89 Å². The van der Waals surface area contributed by atoms with Gasteiger partial charge in [-0.25, -0.2) is 0 Å². The van der Waals surface area contributed by atoms with Crippen LogP contribution in [0.2, 0.25) is 0 Å². The summed E-state index contributed by atoms with van der Waals surface area (Å²) < 4.78 is 0. The van der Waals surface area contributed by atoms with Gasteiger partial charge in [0.05, 0.1) is 6.54 Å². The molecule has 0 radical (unpaired) electrons. The van der Waals surface area contributed by atoms with E-state index in [-0.39, 0.29) is 24.0 Å². The fraction of sp³-hybridized carbons (Fsp3) is 0.526. The minimum atomic E-state index is 0. The molecule has 1 aliphatic heterocycles. The van der Waals surface area contributed by atoms with Gasteiger partial charge in [-0.15, -0.1) is 24.0 Å². The van der Waals surface area contributed by atoms with E-state index in [1.165, 1.54) is 11.1 Å². The first kappa shape index (κ1) is 21.0. The Morgan fingerprint density at radius 3 is 2.62 bits per heavy atom. The van der Waals surface area contributed by atoms with Gasteiger partial charge in [0.15, 0.2) is 5.96 Å². The maximum atomic E-state index is 5.96. The molecule has 1 atom stereocenters. The highest BCUT2D eigenvalue weighted by molar-refractivity contribution is 14.0. The van der Waals surface area contributed by atoms with Gasteiger partial charge in [0, 0.05) is 25.7 Å². The maximum Gasteiger partial charge on any atom is 0.188 e. The summed E-state index contributed by atoms with van der Waals surface area (Å²) in [7, 11) is 0. The van der Waals surface area contributed by atoms with Crippen molar-refractivity contribution in [2.45, 2.75) is 39.8 Å². The summed E-state index contributed by atoms with van der Waals surface area (Å²) in [5.74, 6) is 1.05. The fourth-order valence-corrected chi connectivity index (χ4v) is 3.04. The number of hydrogen-bond acceptors (Lipinski definition) is 2. The van der Waals surface area contributed by atoms with Crippen LogP contribution in [0.1, 0.15) is 31.9 Å². The molecule has 1 unspecified atom stereocenters. The topological polar surface area (TPSA) is 53.6 Å². The minimum absolute atomic E-state index is 0. The Hall–Kier alpha value is -1.08. The molecule has 4 nitrogen and oxygen atoms in total. The van der Waals surface area contributed by atoms with Crippen molar-refractivity contribution in [3.63, 3.8) is 0 Å². The van der Waals surface area contributed by atoms with Crippen molar-refractivity contribution in [3.8, 4) is 0 Å². The molecule has 0 bridgehead atoms. The molecule has 24 heavy (non-hydrogen) atoms. The first-order valence-corrected chi connectivity index (χ1v) is 8.46. The van der Waals surface area contributed by atoms with Crippen LogP contribution < -0.4 is 11.1 Å². The zero-order valence-electron chi connectivity index (χ0n) is 15.1. The second-order valence-electron chi connectivity index (χ2n) is 6.84. The summed E-state index contributed by atoms with van der Waals surface area (Å²) in [6.45, 7) is 13.9. The molecule has 0 aliphatic carbocycles. The highest BCUT2D eigenvalue weighted by Gasteiger charge is 2.25. The van der Waals surface area contributed by atoms with E-state index >= 15 is 0 Å². The van der Waals surface area contributed by atoms with Crippen molar-refractivity contribution in [1.29, 1.82) is 0 Å². The van der Waals surface area contributed by atoms with Crippen molar-refractivity contribution < 1.29 is 0 Å². The van der Waals surface area contributed by atoms with E-state index < -0.39 is 0 Å². The van der Waals surface area contributed by atoms with E-state index in [9.17, 15) is 0 Å². The van der Waals surface area contributed by atoms with E-state index in [1.807, 2.05) is 6.92 Å². The van der Waals surface area contributed by atoms with E-state index in [1.54, 1.807) is 0 Å². The van der Waals surface area contributed by atoms with Crippen LogP contribution in [0.15, 0.2) is 41.4 Å². The third-order valence-electron chi connectivity index (χ3n) is 4.42. The molecule has 134 valence electrons. The van der Waals surface area contributed by atoms with Gasteiger partial charge in [-0.05, 0) is 30.4 Å². The zero-order chi connectivity index (χ0) is 16.8. The largest absolute Gasteiger partial charge is 0.370 e. The van der Waals surface area contributed by atoms with Crippen molar-refractivity contribution in [3.05, 3.63) is 47.5 Å². The molecule has 1 aliphatic rings. The Kier molecular flexibility index (Phi) is 8.76. The number of nitrogens with one attached hydrogen (secondary N) is 1. The summed E-state index contributed by atoms with van der Waals surface area (Å²) in [6.07, 6.45) is 1.12. The number of fused-ring (bicyclic) bond motifs is 1. The highest BCUT2D eigenvalue weighted by Crippen LogP contribution is 2.23. The third kappa shape index (κ3) is 6.09. The molecule has 1 aromatic carbocycles. The summed E-state index contributed by atoms with van der Waals surface area (Å²) in [5.41, 5.74) is 9.94. The van der Waals surface area contributed by atoms with E-state index in [2.05, 4.69) is 59.9 Å². The van der Waals surface area contributed by atoms with Gasteiger partial charge in [0.25, 0.3) is 0 Å². The first-order valence-electron chi connectivity index (χ1n) is 8.46. The smallest absolute Gasteiger partial charge is 0.188 e. The second-order valence-corrected chi connectivity index (χ2v) is 6.84. The van der Waals surface area contributed by atoms with Gasteiger partial charge in [-0.1, -0.05) is 50.3 Å². The lowest BCUT2D eigenvalue weighted by atomic mass is 9.95. The molecule has 1 aromatic rings. The van der Waals surface area contributed by atoms with Crippen molar-refractivity contribution in [1.82, 2.24) is 10.2 Å². The quantitative estimate of drug-likeness (QED) is 0.308. The summed E-state index contributed by atoms with van der Waals surface area (Å²) in [5, 5.41) is 3.10. The van der Waals surface area contributed by atoms with Crippen molar-refractivity contribution in [2.75, 3.05) is 19.6 Å². The molecule has 5 heteroatoms. The predicted molar refractivity (Wildman–Crippen MR) is 114 cm³/mol. The number of hydrogen-bond donors (Lipinski definition) is 2. The average molecular weight is 442 g/mol. The lowest BCUT2D eigenvalue weighted by Gasteiger charge is -2.37. The summed E-state index contributed by atoms with van der Waals surface area (Å²) in [4.78, 5) is 7.09. The molecule has 0 aromatic heterocycles. The van der Waals surface area contributed by atoms with Crippen LogP contribution >= 0.6 is 24.0 Å². The Bertz CT molecular complexity index is 568. The van der Waals surface area contributed by atoms with Crippen LogP contribution in [0, 0.1) is 5.92 Å². The Labute approximate surface area is 163 Å². The molecule has 0 spiro atoms. The van der Waals surface area contributed by atoms with Crippen LogP contribution in [0.3, 0.4) is 0 Å². The molecule has 2 rings (SSSR count). The molecular weight excluding hydrogens is 411 g/mol. The molecule has 0 fully saturated rings. The molecular formula is C19H31IN4. The van der Waals surface area contributed by atoms with E-state index in [4.69, 9.17) is 5.73 Å². The lowest BCUT2D eigenvalue weighted by molar-refractivity contribution is 0.144. The number of benzene rings is 1. The van der Waals surface area contributed by atoms with Gasteiger partial charge in [-0.2, -0.15) is 0 Å². The average Bonchev–Trinajstić information content (AvgIpc) is 2.52. The summed E-state index contributed by atoms with van der Waals surface area (Å²) >= 11 is 0. The molecule has 0 saturated carbocycles. The van der Waals surface area contributed by atoms with Crippen molar-refractivity contribution in [2.24, 2.45) is 16.6 Å². The van der Waals surface area contributed by atoms with Crippen LogP contribution in [0.25, 0.3) is 0 Å². The lowest BCUT2D eigenvalue weighted by Crippen LogP contribution is -2.45. The zero-order valence-corrected chi connectivity index (χ0v) is 17.4. The third-order valence-corrected chi connectivity index (χ3v) is 4.42. The monoisotopic (exact) mass is 442 g/mol. The van der Waals surface area contributed by atoms with Gasteiger partial charge in [0.1, 0.15) is 0 Å². The maximum absolute atomic E-state index is 5.96. The van der Waals surface area contributed by atoms with Crippen molar-refractivity contribution >= 4 is 29.9 Å². The number of aliphatic imine (C=N–C) groups is 1. The summed E-state index contributed by atoms with van der Waals surface area (Å²) in [6, 6.07) is 9.16. The highest BCUT2D eigenvalue weighted by atomic mass is 127. The van der Waals surface area contributed by atoms with Crippen LogP contribution in [0.5, 0.6) is 0 Å². The Morgan fingerprint density at radius 1 is 1.33 bits per heavy atom. The van der Waals surface area contributed by atoms with Gasteiger partial charge >= 0.3 is 0 Å². The Balaban J connectivity index is 0.00000288. The SMILES string of the molecule is C=C(C)CNC(N)=NCC(C(C)C)N1CCc2ccccc2C1.I. The number of nitrogens with zero attached hydrogens (tertiary/aromatic N) is 2.